The van der Waals surface area contributed by atoms with Gasteiger partial charge in [-0.25, -0.2) is 4.79 Å². The lowest BCUT2D eigenvalue weighted by molar-refractivity contribution is -0.128. The van der Waals surface area contributed by atoms with Crippen LogP contribution in [0.1, 0.15) is 33.1 Å². The van der Waals surface area contributed by atoms with Crippen LogP contribution in [-0.4, -0.2) is 79.4 Å². The zero-order valence-electron chi connectivity index (χ0n) is 16.5. The molecule has 2 aliphatic heterocycles. The Morgan fingerprint density at radius 2 is 1.96 bits per heavy atom. The molecule has 0 saturated carbocycles. The van der Waals surface area contributed by atoms with Gasteiger partial charge in [0.2, 0.25) is 5.91 Å². The zero-order chi connectivity index (χ0) is 19.3. The molecule has 9 nitrogen and oxygen atoms in total. The van der Waals surface area contributed by atoms with Crippen LogP contribution in [-0.2, 0) is 9.59 Å². The van der Waals surface area contributed by atoms with E-state index in [2.05, 4.69) is 25.8 Å². The second-order valence-electron chi connectivity index (χ2n) is 7.15. The minimum atomic E-state index is -0.837. The predicted octanol–water partition coefficient (Wildman–Crippen LogP) is 0.358. The Balaban J connectivity index is 0.00000364. The Hall–Kier alpha value is -1.59. The summed E-state index contributed by atoms with van der Waals surface area (Å²) in [5, 5.41) is 8.37. The summed E-state index contributed by atoms with van der Waals surface area (Å²) in [6.07, 6.45) is 1.94. The van der Waals surface area contributed by atoms with Crippen molar-refractivity contribution >= 4 is 47.8 Å². The molecule has 2 rings (SSSR count). The standard InChI is InChI=1S/C17H30N6O3.HI/c1-5-18-15(19-9-6-13(24)22(3)4)23-10-7-12(8-11-23)17(2)14(25)20-16(26)21-17;/h12H,5-11H2,1-4H3,(H,18,19)(H2,20,21,25,26);1H. The van der Waals surface area contributed by atoms with E-state index in [4.69, 9.17) is 0 Å². The van der Waals surface area contributed by atoms with Gasteiger partial charge in [-0.2, -0.15) is 0 Å². The van der Waals surface area contributed by atoms with Crippen molar-refractivity contribution in [2.75, 3.05) is 40.3 Å². The number of carbonyl (C=O) groups is 3. The maximum atomic E-state index is 12.1. The quantitative estimate of drug-likeness (QED) is 0.222. The minimum absolute atomic E-state index is 0. The van der Waals surface area contributed by atoms with E-state index < -0.39 is 11.6 Å². The summed E-state index contributed by atoms with van der Waals surface area (Å²) in [6, 6.07) is -0.416. The molecule has 154 valence electrons. The molecule has 2 fully saturated rings. The fraction of sp³-hybridized carbons (Fsp3) is 0.765. The van der Waals surface area contributed by atoms with Crippen molar-refractivity contribution in [2.24, 2.45) is 10.9 Å². The van der Waals surface area contributed by atoms with E-state index in [-0.39, 0.29) is 41.7 Å². The van der Waals surface area contributed by atoms with E-state index in [1.54, 1.807) is 25.9 Å². The van der Waals surface area contributed by atoms with Gasteiger partial charge in [-0.05, 0) is 32.6 Å². The van der Waals surface area contributed by atoms with Crippen LogP contribution in [0.3, 0.4) is 0 Å². The molecule has 0 aliphatic carbocycles. The number of urea groups is 1. The highest BCUT2D eigenvalue weighted by Gasteiger charge is 2.48. The third kappa shape index (κ3) is 5.69. The summed E-state index contributed by atoms with van der Waals surface area (Å²) in [7, 11) is 3.47. The van der Waals surface area contributed by atoms with E-state index in [1.165, 1.54) is 0 Å². The molecule has 27 heavy (non-hydrogen) atoms. The minimum Gasteiger partial charge on any atom is -0.357 e. The average molecular weight is 494 g/mol. The number of imide groups is 1. The number of rotatable bonds is 5. The number of likely N-dealkylation sites (tertiary alicyclic amines) is 1. The monoisotopic (exact) mass is 494 g/mol. The van der Waals surface area contributed by atoms with Crippen molar-refractivity contribution in [1.82, 2.24) is 25.8 Å². The van der Waals surface area contributed by atoms with Crippen LogP contribution in [0, 0.1) is 5.92 Å². The Morgan fingerprint density at radius 3 is 2.44 bits per heavy atom. The number of halogens is 1. The summed E-state index contributed by atoms with van der Waals surface area (Å²) in [6.45, 7) is 6.48. The van der Waals surface area contributed by atoms with Crippen molar-refractivity contribution in [2.45, 2.75) is 38.6 Å². The first kappa shape index (κ1) is 23.4. The number of nitrogens with one attached hydrogen (secondary N) is 3. The number of hydrogen-bond donors (Lipinski definition) is 3. The van der Waals surface area contributed by atoms with E-state index in [9.17, 15) is 14.4 Å². The molecule has 0 aromatic rings. The predicted molar refractivity (Wildman–Crippen MR) is 114 cm³/mol. The number of nitrogens with zero attached hydrogens (tertiary/aromatic N) is 3. The Labute approximate surface area is 177 Å². The highest BCUT2D eigenvalue weighted by molar-refractivity contribution is 14.0. The van der Waals surface area contributed by atoms with Crippen molar-refractivity contribution < 1.29 is 14.4 Å². The van der Waals surface area contributed by atoms with Gasteiger partial charge >= 0.3 is 6.03 Å². The first-order valence-corrected chi connectivity index (χ1v) is 9.15. The summed E-state index contributed by atoms with van der Waals surface area (Å²) in [5.74, 6) is 0.689. The largest absolute Gasteiger partial charge is 0.357 e. The first-order valence-electron chi connectivity index (χ1n) is 9.15. The summed E-state index contributed by atoms with van der Waals surface area (Å²) >= 11 is 0. The fourth-order valence-corrected chi connectivity index (χ4v) is 3.42. The van der Waals surface area contributed by atoms with Crippen LogP contribution in [0.2, 0.25) is 0 Å². The summed E-state index contributed by atoms with van der Waals surface area (Å²) < 4.78 is 0. The molecule has 2 heterocycles. The molecule has 2 aliphatic rings. The average Bonchev–Trinajstić information content (AvgIpc) is 2.87. The van der Waals surface area contributed by atoms with Gasteiger partial charge in [0.15, 0.2) is 5.96 Å². The van der Waals surface area contributed by atoms with Gasteiger partial charge in [0.05, 0.1) is 6.54 Å². The number of carbonyl (C=O) groups excluding carboxylic acids is 3. The van der Waals surface area contributed by atoms with Crippen LogP contribution < -0.4 is 16.0 Å². The van der Waals surface area contributed by atoms with Crippen LogP contribution in [0.4, 0.5) is 4.79 Å². The van der Waals surface area contributed by atoms with E-state index >= 15 is 0 Å². The summed E-state index contributed by atoms with van der Waals surface area (Å²) in [4.78, 5) is 43.5. The van der Waals surface area contributed by atoms with Crippen molar-refractivity contribution in [3.05, 3.63) is 0 Å². The van der Waals surface area contributed by atoms with Gasteiger partial charge in [0.25, 0.3) is 5.91 Å². The fourth-order valence-electron chi connectivity index (χ4n) is 3.42. The Morgan fingerprint density at radius 1 is 1.33 bits per heavy atom. The maximum absolute atomic E-state index is 12.1. The van der Waals surface area contributed by atoms with Crippen molar-refractivity contribution in [1.29, 1.82) is 0 Å². The van der Waals surface area contributed by atoms with Gasteiger partial charge in [-0.3, -0.25) is 19.9 Å². The topological polar surface area (TPSA) is 106 Å². The van der Waals surface area contributed by atoms with Crippen LogP contribution in [0.25, 0.3) is 0 Å². The molecule has 0 aromatic carbocycles. The molecule has 2 saturated heterocycles. The van der Waals surface area contributed by atoms with E-state index in [0.29, 0.717) is 13.0 Å². The van der Waals surface area contributed by atoms with Gasteiger partial charge in [-0.1, -0.05) is 0 Å². The Bertz CT molecular complexity index is 589. The molecule has 4 amide bonds. The smallest absolute Gasteiger partial charge is 0.322 e. The third-order valence-corrected chi connectivity index (χ3v) is 5.10. The highest BCUT2D eigenvalue weighted by Crippen LogP contribution is 2.30. The van der Waals surface area contributed by atoms with Gasteiger partial charge < -0.3 is 20.4 Å². The highest BCUT2D eigenvalue weighted by atomic mass is 127. The van der Waals surface area contributed by atoms with E-state index in [0.717, 1.165) is 38.4 Å². The van der Waals surface area contributed by atoms with Crippen molar-refractivity contribution in [3.63, 3.8) is 0 Å². The van der Waals surface area contributed by atoms with Crippen LogP contribution >= 0.6 is 24.0 Å². The number of guanidine groups is 1. The van der Waals surface area contributed by atoms with Crippen LogP contribution in [0.5, 0.6) is 0 Å². The number of hydrogen-bond acceptors (Lipinski definition) is 4. The lowest BCUT2D eigenvalue weighted by Gasteiger charge is -2.39. The molecule has 0 radical (unpaired) electrons. The lowest BCUT2D eigenvalue weighted by Crippen LogP contribution is -2.55. The SMILES string of the molecule is CCNC(=NCCC(=O)N(C)C)N1CCC(C2(C)NC(=O)NC2=O)CC1.I. The van der Waals surface area contributed by atoms with Crippen LogP contribution in [0.15, 0.2) is 4.99 Å². The molecule has 0 bridgehead atoms. The first-order chi connectivity index (χ1) is 12.3. The third-order valence-electron chi connectivity index (χ3n) is 5.10. The number of aliphatic imine (C=N–C) groups is 1. The molecule has 1 unspecified atom stereocenters. The second-order valence-corrected chi connectivity index (χ2v) is 7.15. The molecular weight excluding hydrogens is 463 g/mol. The van der Waals surface area contributed by atoms with E-state index in [1.807, 2.05) is 6.92 Å². The van der Waals surface area contributed by atoms with Crippen molar-refractivity contribution in [3.8, 4) is 0 Å². The Kier molecular flexibility index (Phi) is 8.76. The molecule has 10 heteroatoms. The van der Waals surface area contributed by atoms with Gasteiger partial charge in [-0.15, -0.1) is 24.0 Å². The van der Waals surface area contributed by atoms with Gasteiger partial charge in [0.1, 0.15) is 5.54 Å². The molecule has 3 N–H and O–H groups in total. The summed E-state index contributed by atoms with van der Waals surface area (Å²) in [5.41, 5.74) is -0.837. The maximum Gasteiger partial charge on any atom is 0.322 e. The lowest BCUT2D eigenvalue weighted by atomic mass is 9.79. The molecule has 0 aromatic heterocycles. The second kappa shape index (κ2) is 10.1. The molecular formula is C17H31IN6O3. The molecule has 0 spiro atoms. The number of piperidine rings is 1. The molecule has 1 atom stereocenters. The number of amides is 4. The zero-order valence-corrected chi connectivity index (χ0v) is 18.8. The normalized spacial score (nSPS) is 23.4. The van der Waals surface area contributed by atoms with Gasteiger partial charge in [0, 0.05) is 40.2 Å².